The molecule has 18 heavy (non-hydrogen) atoms. The zero-order valence-electron chi connectivity index (χ0n) is 9.73. The number of nitrogens with one attached hydrogen (secondary N) is 1. The van der Waals surface area contributed by atoms with Gasteiger partial charge in [-0.3, -0.25) is 9.59 Å². The topological polar surface area (TPSA) is 49.4 Å². The van der Waals surface area contributed by atoms with Gasteiger partial charge in [-0.1, -0.05) is 15.9 Å². The number of carbonyl (C=O) groups is 2. The highest BCUT2D eigenvalue weighted by atomic mass is 79.9. The van der Waals surface area contributed by atoms with Gasteiger partial charge < -0.3 is 5.32 Å². The third kappa shape index (κ3) is 2.20. The normalized spacial score (nSPS) is 23.8. The molecule has 0 radical (unpaired) electrons. The maximum Gasteiger partial charge on any atom is 0.251 e. The van der Waals surface area contributed by atoms with Crippen LogP contribution in [0.5, 0.6) is 0 Å². The molecule has 4 nitrogen and oxygen atoms in total. The maximum atomic E-state index is 12.2. The Kier molecular flexibility index (Phi) is 2.95. The first-order valence-electron chi connectivity index (χ1n) is 6.03. The minimum Gasteiger partial charge on any atom is -0.303 e. The number of rotatable bonds is 3. The molecular formula is C13H13BrN2O2. The Morgan fingerprint density at radius 3 is 2.44 bits per heavy atom. The molecule has 1 aromatic carbocycles. The number of anilines is 1. The first kappa shape index (κ1) is 11.9. The van der Waals surface area contributed by atoms with Crippen molar-refractivity contribution in [3.8, 4) is 0 Å². The van der Waals surface area contributed by atoms with E-state index in [0.29, 0.717) is 11.7 Å². The van der Waals surface area contributed by atoms with Gasteiger partial charge in [0.05, 0.1) is 18.2 Å². The van der Waals surface area contributed by atoms with Gasteiger partial charge in [-0.05, 0) is 37.1 Å². The lowest BCUT2D eigenvalue weighted by Crippen LogP contribution is -2.39. The number of imide groups is 1. The van der Waals surface area contributed by atoms with Crippen molar-refractivity contribution in [2.45, 2.75) is 31.3 Å². The number of hydrogen-bond donors (Lipinski definition) is 1. The van der Waals surface area contributed by atoms with Crippen LogP contribution in [-0.2, 0) is 9.59 Å². The Morgan fingerprint density at radius 2 is 1.83 bits per heavy atom. The fraction of sp³-hybridized carbons (Fsp3) is 0.385. The van der Waals surface area contributed by atoms with Crippen molar-refractivity contribution in [3.63, 3.8) is 0 Å². The Hall–Kier alpha value is -1.20. The highest BCUT2D eigenvalue weighted by Crippen LogP contribution is 2.27. The summed E-state index contributed by atoms with van der Waals surface area (Å²) in [5.41, 5.74) is 0.647. The van der Waals surface area contributed by atoms with Crippen LogP contribution < -0.4 is 10.2 Å². The predicted molar refractivity (Wildman–Crippen MR) is 71.2 cm³/mol. The number of hydrogen-bond acceptors (Lipinski definition) is 3. The second kappa shape index (κ2) is 4.48. The summed E-state index contributed by atoms with van der Waals surface area (Å²) >= 11 is 3.34. The van der Waals surface area contributed by atoms with Gasteiger partial charge in [0.1, 0.15) is 0 Å². The molecule has 1 heterocycles. The third-order valence-corrected chi connectivity index (χ3v) is 3.77. The van der Waals surface area contributed by atoms with Crippen molar-refractivity contribution in [2.24, 2.45) is 0 Å². The summed E-state index contributed by atoms with van der Waals surface area (Å²) in [6, 6.07) is 7.30. The molecule has 0 bridgehead atoms. The van der Waals surface area contributed by atoms with Gasteiger partial charge in [0, 0.05) is 10.5 Å². The van der Waals surface area contributed by atoms with Gasteiger partial charge in [0.25, 0.3) is 5.91 Å². The number of carbonyl (C=O) groups excluding carboxylic acids is 2. The lowest BCUT2D eigenvalue weighted by molar-refractivity contribution is -0.121. The molecule has 1 atom stereocenters. The Morgan fingerprint density at radius 1 is 1.17 bits per heavy atom. The highest BCUT2D eigenvalue weighted by Gasteiger charge is 2.41. The number of nitrogens with zero attached hydrogens (tertiary/aromatic N) is 1. The maximum absolute atomic E-state index is 12.2. The van der Waals surface area contributed by atoms with Gasteiger partial charge in [0.15, 0.2) is 0 Å². The van der Waals surface area contributed by atoms with E-state index in [-0.39, 0.29) is 24.3 Å². The van der Waals surface area contributed by atoms with Crippen LogP contribution in [0, 0.1) is 0 Å². The van der Waals surface area contributed by atoms with E-state index in [0.717, 1.165) is 17.3 Å². The minimum absolute atomic E-state index is 0.125. The molecule has 94 valence electrons. The van der Waals surface area contributed by atoms with E-state index in [2.05, 4.69) is 21.2 Å². The lowest BCUT2D eigenvalue weighted by Gasteiger charge is -2.15. The molecule has 2 amide bonds. The zero-order valence-corrected chi connectivity index (χ0v) is 11.3. The van der Waals surface area contributed by atoms with Gasteiger partial charge >= 0.3 is 0 Å². The van der Waals surface area contributed by atoms with Crippen molar-refractivity contribution in [2.75, 3.05) is 4.90 Å². The second-order valence-electron chi connectivity index (χ2n) is 4.74. The van der Waals surface area contributed by atoms with Gasteiger partial charge in [-0.25, -0.2) is 4.90 Å². The molecule has 1 aromatic rings. The molecule has 0 aromatic heterocycles. The number of amides is 2. The molecule has 1 saturated carbocycles. The zero-order chi connectivity index (χ0) is 12.7. The summed E-state index contributed by atoms with van der Waals surface area (Å²) in [5, 5.41) is 3.22. The molecule has 2 aliphatic rings. The molecule has 0 unspecified atom stereocenters. The molecule has 5 heteroatoms. The van der Waals surface area contributed by atoms with E-state index in [1.165, 1.54) is 4.90 Å². The molecule has 1 saturated heterocycles. The van der Waals surface area contributed by atoms with Crippen LogP contribution >= 0.6 is 15.9 Å². The molecular weight excluding hydrogens is 296 g/mol. The van der Waals surface area contributed by atoms with Crippen LogP contribution in [-0.4, -0.2) is 23.9 Å². The van der Waals surface area contributed by atoms with Gasteiger partial charge in [0.2, 0.25) is 5.91 Å². The van der Waals surface area contributed by atoms with Crippen molar-refractivity contribution in [3.05, 3.63) is 28.7 Å². The molecule has 2 fully saturated rings. The largest absolute Gasteiger partial charge is 0.303 e. The average molecular weight is 309 g/mol. The summed E-state index contributed by atoms with van der Waals surface area (Å²) in [5.74, 6) is -0.255. The van der Waals surface area contributed by atoms with E-state index in [1.54, 1.807) is 12.1 Å². The standard InChI is InChI=1S/C13H13BrN2O2/c14-8-1-5-10(6-2-8)16-12(17)7-11(13(16)18)15-9-3-4-9/h1-2,5-6,9,11,15H,3-4,7H2/t11-/m1/s1. The molecule has 1 N–H and O–H groups in total. The lowest BCUT2D eigenvalue weighted by atomic mass is 10.2. The van der Waals surface area contributed by atoms with Crippen molar-refractivity contribution in [1.82, 2.24) is 5.32 Å². The highest BCUT2D eigenvalue weighted by molar-refractivity contribution is 9.10. The van der Waals surface area contributed by atoms with E-state index in [4.69, 9.17) is 0 Å². The van der Waals surface area contributed by atoms with Crippen LogP contribution in [0.3, 0.4) is 0 Å². The van der Waals surface area contributed by atoms with Crippen LogP contribution in [0.15, 0.2) is 28.7 Å². The van der Waals surface area contributed by atoms with E-state index >= 15 is 0 Å². The first-order chi connectivity index (χ1) is 8.65. The predicted octanol–water partition coefficient (Wildman–Crippen LogP) is 1.83. The SMILES string of the molecule is O=C1C[C@@H](NC2CC2)C(=O)N1c1ccc(Br)cc1. The fourth-order valence-corrected chi connectivity index (χ4v) is 2.42. The number of halogens is 1. The Labute approximate surface area is 113 Å². The van der Waals surface area contributed by atoms with Gasteiger partial charge in [-0.15, -0.1) is 0 Å². The molecule has 1 aliphatic heterocycles. The monoisotopic (exact) mass is 308 g/mol. The van der Waals surface area contributed by atoms with E-state index < -0.39 is 0 Å². The van der Waals surface area contributed by atoms with E-state index in [1.807, 2.05) is 12.1 Å². The Bertz CT molecular complexity index is 496. The van der Waals surface area contributed by atoms with Crippen LogP contribution in [0.2, 0.25) is 0 Å². The Balaban J connectivity index is 1.80. The van der Waals surface area contributed by atoms with E-state index in [9.17, 15) is 9.59 Å². The smallest absolute Gasteiger partial charge is 0.251 e. The van der Waals surface area contributed by atoms with Crippen LogP contribution in [0.25, 0.3) is 0 Å². The van der Waals surface area contributed by atoms with Crippen molar-refractivity contribution < 1.29 is 9.59 Å². The van der Waals surface area contributed by atoms with Gasteiger partial charge in [-0.2, -0.15) is 0 Å². The summed E-state index contributed by atoms with van der Waals surface area (Å²) < 4.78 is 0.929. The summed E-state index contributed by atoms with van der Waals surface area (Å²) in [4.78, 5) is 25.4. The summed E-state index contributed by atoms with van der Waals surface area (Å²) in [6.45, 7) is 0. The first-order valence-corrected chi connectivity index (χ1v) is 6.83. The minimum atomic E-state index is -0.339. The molecule has 1 aliphatic carbocycles. The molecule has 3 rings (SSSR count). The van der Waals surface area contributed by atoms with Crippen LogP contribution in [0.4, 0.5) is 5.69 Å². The fourth-order valence-electron chi connectivity index (χ4n) is 2.16. The van der Waals surface area contributed by atoms with Crippen molar-refractivity contribution >= 4 is 33.4 Å². The summed E-state index contributed by atoms with van der Waals surface area (Å²) in [6.07, 6.45) is 2.48. The number of benzene rings is 1. The van der Waals surface area contributed by atoms with Crippen molar-refractivity contribution in [1.29, 1.82) is 0 Å². The quantitative estimate of drug-likeness (QED) is 0.867. The third-order valence-electron chi connectivity index (χ3n) is 3.25. The molecule has 0 spiro atoms. The van der Waals surface area contributed by atoms with Crippen LogP contribution in [0.1, 0.15) is 19.3 Å². The average Bonchev–Trinajstić information content (AvgIpc) is 3.10. The summed E-state index contributed by atoms with van der Waals surface area (Å²) in [7, 11) is 0. The second-order valence-corrected chi connectivity index (χ2v) is 5.66.